The molecule has 1 unspecified atom stereocenters. The maximum absolute atomic E-state index is 13.8. The van der Waals surface area contributed by atoms with E-state index in [4.69, 9.17) is 4.74 Å². The van der Waals surface area contributed by atoms with Crippen molar-refractivity contribution in [2.45, 2.75) is 44.4 Å². The number of hydrogen-bond acceptors (Lipinski definition) is 6. The second kappa shape index (κ2) is 12.4. The van der Waals surface area contributed by atoms with Crippen molar-refractivity contribution in [3.05, 3.63) is 89.2 Å². The van der Waals surface area contributed by atoms with Crippen LogP contribution in [0.3, 0.4) is 0 Å². The summed E-state index contributed by atoms with van der Waals surface area (Å²) in [5, 5.41) is 3.27. The quantitative estimate of drug-likeness (QED) is 0.346. The summed E-state index contributed by atoms with van der Waals surface area (Å²) >= 11 is 0. The van der Waals surface area contributed by atoms with E-state index < -0.39 is 21.6 Å². The number of benzene rings is 2. The Kier molecular flexibility index (Phi) is 9.14. The largest absolute Gasteiger partial charge is 0.511 e. The second-order valence-electron chi connectivity index (χ2n) is 9.58. The monoisotopic (exact) mass is 562 g/mol. The van der Waals surface area contributed by atoms with Gasteiger partial charge in [-0.15, -0.1) is 0 Å². The lowest BCUT2D eigenvalue weighted by Gasteiger charge is -2.34. The van der Waals surface area contributed by atoms with Crippen molar-refractivity contribution >= 4 is 21.4 Å². The zero-order chi connectivity index (χ0) is 28.0. The Morgan fingerprint density at radius 2 is 1.87 bits per heavy atom. The number of ether oxygens (including phenoxy) is 1. The van der Waals surface area contributed by atoms with Gasteiger partial charge in [-0.3, -0.25) is 4.98 Å². The third kappa shape index (κ3) is 6.90. The van der Waals surface area contributed by atoms with Crippen molar-refractivity contribution in [2.75, 3.05) is 37.0 Å². The third-order valence-corrected chi connectivity index (χ3v) is 8.45. The minimum absolute atomic E-state index is 0.297. The van der Waals surface area contributed by atoms with Crippen LogP contribution in [0, 0.1) is 6.92 Å². The van der Waals surface area contributed by atoms with Crippen LogP contribution in [0.5, 0.6) is 0 Å². The van der Waals surface area contributed by atoms with E-state index in [-0.39, 0.29) is 13.1 Å². The van der Waals surface area contributed by atoms with Crippen LogP contribution in [0.15, 0.2) is 66.9 Å². The molecule has 0 saturated carbocycles. The molecule has 1 aromatic heterocycles. The molecule has 2 aromatic carbocycles. The van der Waals surface area contributed by atoms with E-state index >= 15 is 0 Å². The van der Waals surface area contributed by atoms with Crippen LogP contribution in [-0.4, -0.2) is 56.1 Å². The van der Waals surface area contributed by atoms with Gasteiger partial charge in [-0.05, 0) is 54.7 Å². The topological polar surface area (TPSA) is 74.8 Å². The van der Waals surface area contributed by atoms with Gasteiger partial charge in [0.1, 0.15) is 0 Å². The molecule has 0 fully saturated rings. The fraction of sp³-hybridized carbons (Fsp3) is 0.393. The highest BCUT2D eigenvalue weighted by atomic mass is 32.2. The maximum Gasteiger partial charge on any atom is 0.511 e. The lowest BCUT2D eigenvalue weighted by atomic mass is 10.0. The van der Waals surface area contributed by atoms with Gasteiger partial charge >= 0.3 is 15.5 Å². The number of hydrogen-bond donors (Lipinski definition) is 1. The molecule has 0 radical (unpaired) electrons. The molecule has 1 atom stereocenters. The van der Waals surface area contributed by atoms with Crippen LogP contribution in [-0.2, 0) is 34.3 Å². The highest BCUT2D eigenvalue weighted by Gasteiger charge is 2.51. The van der Waals surface area contributed by atoms with Gasteiger partial charge in [-0.2, -0.15) is 17.5 Å². The Balaban J connectivity index is 1.74. The number of alkyl halides is 3. The predicted molar refractivity (Wildman–Crippen MR) is 146 cm³/mol. The van der Waals surface area contributed by atoms with Gasteiger partial charge in [0.25, 0.3) is 0 Å². The molecule has 7 nitrogen and oxygen atoms in total. The predicted octanol–water partition coefficient (Wildman–Crippen LogP) is 5.12. The summed E-state index contributed by atoms with van der Waals surface area (Å²) in [4.78, 5) is 6.54. The van der Waals surface area contributed by atoms with Gasteiger partial charge in [0.15, 0.2) is 0 Å². The summed E-state index contributed by atoms with van der Waals surface area (Å²) < 4.78 is 72.3. The van der Waals surface area contributed by atoms with Crippen LogP contribution >= 0.6 is 0 Å². The molecule has 0 spiro atoms. The van der Waals surface area contributed by atoms with Gasteiger partial charge in [0, 0.05) is 50.4 Å². The molecule has 39 heavy (non-hydrogen) atoms. The van der Waals surface area contributed by atoms with Gasteiger partial charge in [0.05, 0.1) is 18.8 Å². The highest BCUT2D eigenvalue weighted by Crippen LogP contribution is 2.37. The number of sulfonamides is 1. The van der Waals surface area contributed by atoms with E-state index in [0.717, 1.165) is 16.8 Å². The number of aryl methyl sites for hydroxylation is 2. The molecule has 1 aliphatic heterocycles. The van der Waals surface area contributed by atoms with Crippen LogP contribution in [0.2, 0.25) is 0 Å². The average molecular weight is 563 g/mol. The molecule has 1 N–H and O–H groups in total. The Labute approximate surface area is 227 Å². The molecule has 11 heteroatoms. The summed E-state index contributed by atoms with van der Waals surface area (Å²) in [7, 11) is -3.92. The molecule has 4 rings (SSSR count). The Morgan fingerprint density at radius 1 is 1.10 bits per heavy atom. The lowest BCUT2D eigenvalue weighted by Crippen LogP contribution is -2.47. The smallest absolute Gasteiger partial charge is 0.383 e. The molecule has 3 aromatic rings. The maximum atomic E-state index is 13.8. The van der Waals surface area contributed by atoms with E-state index in [2.05, 4.69) is 10.3 Å². The molecular weight excluding hydrogens is 529 g/mol. The molecule has 0 amide bonds. The van der Waals surface area contributed by atoms with E-state index in [9.17, 15) is 21.6 Å². The number of aromatic nitrogens is 1. The van der Waals surface area contributed by atoms with Gasteiger partial charge in [-0.25, -0.2) is 8.42 Å². The van der Waals surface area contributed by atoms with Crippen LogP contribution in [0.1, 0.15) is 28.8 Å². The number of rotatable bonds is 10. The molecule has 0 aliphatic carbocycles. The average Bonchev–Trinajstić information content (AvgIpc) is 3.06. The van der Waals surface area contributed by atoms with Crippen molar-refractivity contribution < 1.29 is 26.3 Å². The first-order valence-electron chi connectivity index (χ1n) is 12.7. The number of fused-ring (bicyclic) bond motifs is 1. The standard InChI is InChI=1S/C28H33F3N4O3S/c1-21-7-6-10-27-26(21)20-34(39(36,37)28(29,30)31)19-25(12-11-22-8-4-3-5-9-22)35(27)18-24-17-23(13-14-32-24)33-15-16-38-2/h3-10,13-14,17,25H,11-12,15-16,18-20H2,1-2H3,(H,32,33). The van der Waals surface area contributed by atoms with Crippen molar-refractivity contribution in [3.63, 3.8) is 0 Å². The minimum atomic E-state index is -5.54. The summed E-state index contributed by atoms with van der Waals surface area (Å²) in [6.07, 6.45) is 2.71. The van der Waals surface area contributed by atoms with Crippen LogP contribution < -0.4 is 10.2 Å². The normalized spacial score (nSPS) is 16.5. The van der Waals surface area contributed by atoms with Gasteiger partial charge in [0.2, 0.25) is 0 Å². The molecule has 0 bridgehead atoms. The highest BCUT2D eigenvalue weighted by molar-refractivity contribution is 7.89. The number of methoxy groups -OCH3 is 1. The molecule has 2 heterocycles. The van der Waals surface area contributed by atoms with Crippen LogP contribution in [0.4, 0.5) is 24.5 Å². The number of anilines is 2. The Morgan fingerprint density at radius 3 is 2.59 bits per heavy atom. The van der Waals surface area contributed by atoms with E-state index in [1.807, 2.05) is 59.5 Å². The Hall–Kier alpha value is -3.15. The summed E-state index contributed by atoms with van der Waals surface area (Å²) in [6.45, 7) is 2.58. The number of pyridine rings is 1. The van der Waals surface area contributed by atoms with Gasteiger partial charge < -0.3 is 15.0 Å². The number of halogens is 3. The second-order valence-corrected chi connectivity index (χ2v) is 11.5. The first-order valence-corrected chi connectivity index (χ1v) is 14.2. The summed E-state index contributed by atoms with van der Waals surface area (Å²) in [5.41, 5.74) is -0.807. The zero-order valence-corrected chi connectivity index (χ0v) is 22.8. The van der Waals surface area contributed by atoms with Gasteiger partial charge in [-0.1, -0.05) is 42.5 Å². The van der Waals surface area contributed by atoms with E-state index in [0.29, 0.717) is 53.8 Å². The summed E-state index contributed by atoms with van der Waals surface area (Å²) in [5.74, 6) is 0. The van der Waals surface area contributed by atoms with E-state index in [1.54, 1.807) is 26.3 Å². The van der Waals surface area contributed by atoms with Crippen molar-refractivity contribution in [3.8, 4) is 0 Å². The lowest BCUT2D eigenvalue weighted by molar-refractivity contribution is -0.0492. The Bertz CT molecular complexity index is 1350. The molecule has 0 saturated heterocycles. The van der Waals surface area contributed by atoms with Crippen LogP contribution in [0.25, 0.3) is 0 Å². The molecular formula is C28H33F3N4O3S. The first kappa shape index (κ1) is 28.8. The first-order chi connectivity index (χ1) is 18.6. The summed E-state index contributed by atoms with van der Waals surface area (Å²) in [6, 6.07) is 18.3. The fourth-order valence-electron chi connectivity index (χ4n) is 4.85. The van der Waals surface area contributed by atoms with Crippen molar-refractivity contribution in [2.24, 2.45) is 0 Å². The van der Waals surface area contributed by atoms with Crippen molar-refractivity contribution in [1.82, 2.24) is 9.29 Å². The van der Waals surface area contributed by atoms with Crippen molar-refractivity contribution in [1.29, 1.82) is 0 Å². The fourth-order valence-corrected chi connectivity index (χ4v) is 5.81. The molecule has 1 aliphatic rings. The molecule has 210 valence electrons. The van der Waals surface area contributed by atoms with E-state index in [1.165, 1.54) is 0 Å². The number of nitrogens with zero attached hydrogens (tertiary/aromatic N) is 3. The SMILES string of the molecule is COCCNc1ccnc(CN2c3cccc(C)c3CN(S(=O)(=O)C(F)(F)F)CC2CCc2ccccc2)c1. The third-order valence-electron chi connectivity index (χ3n) is 6.91. The number of nitrogens with one attached hydrogen (secondary N) is 1. The minimum Gasteiger partial charge on any atom is -0.383 e. The zero-order valence-electron chi connectivity index (χ0n) is 22.0.